The lowest BCUT2D eigenvalue weighted by molar-refractivity contribution is -0.134. The van der Waals surface area contributed by atoms with Gasteiger partial charge in [0.15, 0.2) is 5.82 Å². The second-order valence-corrected chi connectivity index (χ2v) is 18.4. The number of carbonyl (C=O) groups excluding carboxylic acids is 2. The Balaban J connectivity index is 0.909. The minimum absolute atomic E-state index is 0.228. The average Bonchev–Trinajstić information content (AvgIpc) is 3.17. The quantitative estimate of drug-likeness (QED) is 0.117. The largest absolute Gasteiger partial charge is 0.494 e. The molecule has 15 heteroatoms. The molecule has 4 heterocycles. The number of para-hydroxylation sites is 1. The number of imide groups is 1. The number of nitrogens with zero attached hydrogens (tertiary/aromatic N) is 5. The van der Waals surface area contributed by atoms with Crippen LogP contribution in [0.2, 0.25) is 5.02 Å². The van der Waals surface area contributed by atoms with Crippen LogP contribution in [-0.4, -0.2) is 97.3 Å². The molecule has 290 valence electrons. The Morgan fingerprint density at radius 2 is 1.71 bits per heavy atom. The number of ether oxygens (including phenoxy) is 1. The molecular weight excluding hydrogens is 742 g/mol. The van der Waals surface area contributed by atoms with Gasteiger partial charge in [0.1, 0.15) is 23.7 Å². The van der Waals surface area contributed by atoms with Crippen LogP contribution in [0.3, 0.4) is 0 Å². The Morgan fingerprint density at radius 1 is 0.945 bits per heavy atom. The fourth-order valence-electron chi connectivity index (χ4n) is 7.78. The third kappa shape index (κ3) is 9.13. The van der Waals surface area contributed by atoms with Crippen molar-refractivity contribution < 1.29 is 23.3 Å². The molecule has 7 rings (SSSR count). The summed E-state index contributed by atoms with van der Waals surface area (Å²) in [6.45, 7) is 9.72. The van der Waals surface area contributed by atoms with Crippen molar-refractivity contribution in [2.24, 2.45) is 0 Å². The molecule has 0 spiro atoms. The van der Waals surface area contributed by atoms with E-state index in [9.17, 15) is 14.2 Å². The molecule has 12 nitrogen and oxygen atoms in total. The zero-order chi connectivity index (χ0) is 38.7. The molecule has 0 bridgehead atoms. The van der Waals surface area contributed by atoms with E-state index in [1.165, 1.54) is 6.20 Å². The number of aromatic nitrogens is 2. The van der Waals surface area contributed by atoms with Crippen LogP contribution in [0.4, 0.5) is 33.2 Å². The molecule has 4 aromatic rings. The molecule has 3 aliphatic rings. The highest BCUT2D eigenvalue weighted by Gasteiger charge is 2.31. The highest BCUT2D eigenvalue weighted by molar-refractivity contribution is 7.70. The van der Waals surface area contributed by atoms with Gasteiger partial charge in [-0.05, 0) is 81.6 Å². The van der Waals surface area contributed by atoms with Gasteiger partial charge < -0.3 is 24.8 Å². The minimum atomic E-state index is -2.55. The first kappa shape index (κ1) is 38.7. The van der Waals surface area contributed by atoms with Crippen molar-refractivity contribution in [3.05, 3.63) is 88.8 Å². The number of nitrogens with one attached hydrogen (secondary N) is 3. The van der Waals surface area contributed by atoms with Crippen molar-refractivity contribution in [2.45, 2.75) is 44.2 Å². The molecule has 1 atom stereocenters. The van der Waals surface area contributed by atoms with Crippen LogP contribution in [0.25, 0.3) is 0 Å². The van der Waals surface area contributed by atoms with E-state index in [-0.39, 0.29) is 18.1 Å². The molecule has 0 saturated carbocycles. The van der Waals surface area contributed by atoms with Crippen LogP contribution in [-0.2, 0) is 20.7 Å². The smallest absolute Gasteiger partial charge is 0.234 e. The van der Waals surface area contributed by atoms with E-state index in [4.69, 9.17) is 16.3 Å². The van der Waals surface area contributed by atoms with Gasteiger partial charge in [-0.1, -0.05) is 35.9 Å². The number of rotatable bonds is 11. The Morgan fingerprint density at radius 3 is 2.42 bits per heavy atom. The number of carbonyl (C=O) groups is 2. The summed E-state index contributed by atoms with van der Waals surface area (Å²) >= 11 is 6.47. The average molecular weight is 789 g/mol. The fourth-order valence-corrected chi connectivity index (χ4v) is 9.07. The van der Waals surface area contributed by atoms with Crippen LogP contribution >= 0.6 is 18.7 Å². The summed E-state index contributed by atoms with van der Waals surface area (Å²) in [5.41, 5.74) is 3.72. The minimum Gasteiger partial charge on any atom is -0.494 e. The highest BCUT2D eigenvalue weighted by Crippen LogP contribution is 2.39. The zero-order valence-corrected chi connectivity index (χ0v) is 33.0. The molecule has 3 fully saturated rings. The third-order valence-electron chi connectivity index (χ3n) is 10.8. The molecule has 0 aliphatic carbocycles. The molecule has 3 aliphatic heterocycles. The number of amides is 2. The maximum absolute atomic E-state index is 15.1. The number of hydrogen-bond donors (Lipinski definition) is 3. The normalized spacial score (nSPS) is 18.9. The SMILES string of the molecule is COc1cc(N2CCN(C3CCN(Cc4ccc(C5CCC(=O)NC5=O)c(F)c4)CC3)CC2)ccc1Nc1ncc(Cl)c(Nc2ccccc2P(C)(C)=O)n1. The third-order valence-corrected chi connectivity index (χ3v) is 12.6. The number of anilines is 5. The lowest BCUT2D eigenvalue weighted by Gasteiger charge is -2.43. The van der Waals surface area contributed by atoms with Gasteiger partial charge in [-0.2, -0.15) is 4.98 Å². The van der Waals surface area contributed by atoms with Gasteiger partial charge in [0.05, 0.1) is 30.6 Å². The van der Waals surface area contributed by atoms with Gasteiger partial charge >= 0.3 is 0 Å². The van der Waals surface area contributed by atoms with Crippen molar-refractivity contribution in [3.63, 3.8) is 0 Å². The predicted molar refractivity (Wildman–Crippen MR) is 216 cm³/mol. The highest BCUT2D eigenvalue weighted by atomic mass is 35.5. The van der Waals surface area contributed by atoms with E-state index in [0.29, 0.717) is 63.8 Å². The summed E-state index contributed by atoms with van der Waals surface area (Å²) in [7, 11) is -0.907. The van der Waals surface area contributed by atoms with Crippen LogP contribution in [0.5, 0.6) is 5.75 Å². The predicted octanol–water partition coefficient (Wildman–Crippen LogP) is 6.32. The van der Waals surface area contributed by atoms with Crippen LogP contribution in [0.1, 0.15) is 42.7 Å². The second-order valence-electron chi connectivity index (χ2n) is 14.8. The standard InChI is InChI=1S/C40H47ClFN8O4P/c1-54-35-23-28(9-12-33(35)45-40-43-24-31(41)38(47-40)44-34-6-4-5-7-36(34)55(2,3)53)50-20-18-49(19-21-50)27-14-16-48(17-15-27)25-26-8-10-29(32(42)22-26)30-11-13-37(51)46-39(30)52/h4-10,12,22-24,27,30H,11,13-21,25H2,1-3H3,(H,46,51,52)(H2,43,44,45,47). The number of piperazine rings is 1. The summed E-state index contributed by atoms with van der Waals surface area (Å²) in [6.07, 6.45) is 4.20. The summed E-state index contributed by atoms with van der Waals surface area (Å²) in [6, 6.07) is 19.2. The van der Waals surface area contributed by atoms with Gasteiger partial charge in [0.2, 0.25) is 17.8 Å². The van der Waals surface area contributed by atoms with Crippen LogP contribution in [0, 0.1) is 5.82 Å². The Labute approximate surface area is 326 Å². The maximum Gasteiger partial charge on any atom is 0.234 e. The number of piperidine rings is 2. The number of benzene rings is 3. The van der Waals surface area contributed by atoms with Crippen molar-refractivity contribution in [1.82, 2.24) is 25.1 Å². The van der Waals surface area contributed by atoms with Crippen molar-refractivity contribution in [1.29, 1.82) is 0 Å². The molecule has 0 radical (unpaired) electrons. The molecule has 2 amide bonds. The molecule has 3 saturated heterocycles. The zero-order valence-electron chi connectivity index (χ0n) is 31.4. The van der Waals surface area contributed by atoms with Crippen LogP contribution in [0.15, 0.2) is 66.9 Å². The number of likely N-dealkylation sites (tertiary alicyclic amines) is 1. The fraction of sp³-hybridized carbons (Fsp3) is 0.400. The van der Waals surface area contributed by atoms with E-state index in [1.807, 2.05) is 42.5 Å². The Hall–Kier alpha value is -4.55. The van der Waals surface area contributed by atoms with Crippen molar-refractivity contribution in [2.75, 3.05) is 75.2 Å². The van der Waals surface area contributed by atoms with Crippen molar-refractivity contribution in [3.8, 4) is 5.75 Å². The molecule has 3 N–H and O–H groups in total. The number of hydrogen-bond acceptors (Lipinski definition) is 11. The summed E-state index contributed by atoms with van der Waals surface area (Å²) < 4.78 is 33.7. The van der Waals surface area contributed by atoms with E-state index in [2.05, 4.69) is 46.7 Å². The first-order chi connectivity index (χ1) is 26.4. The first-order valence-corrected chi connectivity index (χ1v) is 21.7. The first-order valence-electron chi connectivity index (χ1n) is 18.7. The Kier molecular flexibility index (Phi) is 11.7. The van der Waals surface area contributed by atoms with E-state index in [0.717, 1.165) is 63.4 Å². The number of methoxy groups -OCH3 is 1. The van der Waals surface area contributed by atoms with Gasteiger partial charge in [-0.15, -0.1) is 0 Å². The second kappa shape index (κ2) is 16.7. The van der Waals surface area contributed by atoms with Crippen molar-refractivity contribution >= 4 is 64.7 Å². The summed E-state index contributed by atoms with van der Waals surface area (Å²) in [4.78, 5) is 40.1. The maximum atomic E-state index is 15.1. The van der Waals surface area contributed by atoms with Gasteiger partial charge in [-0.3, -0.25) is 24.7 Å². The lowest BCUT2D eigenvalue weighted by atomic mass is 9.89. The van der Waals surface area contributed by atoms with Gasteiger partial charge in [0.25, 0.3) is 0 Å². The van der Waals surface area contributed by atoms with E-state index >= 15 is 4.39 Å². The van der Waals surface area contributed by atoms with Crippen LogP contribution < -0.4 is 30.9 Å². The van der Waals surface area contributed by atoms with Gasteiger partial charge in [0, 0.05) is 67.8 Å². The monoisotopic (exact) mass is 788 g/mol. The van der Waals surface area contributed by atoms with E-state index < -0.39 is 19.0 Å². The molecular formula is C40H47ClFN8O4P. The lowest BCUT2D eigenvalue weighted by Crippen LogP contribution is -2.53. The topological polar surface area (TPSA) is 132 Å². The Bertz CT molecular complexity index is 2100. The molecule has 3 aromatic carbocycles. The summed E-state index contributed by atoms with van der Waals surface area (Å²) in [5, 5.41) is 9.88. The molecule has 1 aromatic heterocycles. The molecule has 55 heavy (non-hydrogen) atoms. The number of halogens is 2. The van der Waals surface area contributed by atoms with Gasteiger partial charge in [-0.25, -0.2) is 9.37 Å². The summed E-state index contributed by atoms with van der Waals surface area (Å²) in [5.74, 6) is -0.331. The molecule has 1 unspecified atom stereocenters. The van der Waals surface area contributed by atoms with E-state index in [1.54, 1.807) is 32.6 Å².